The molecule has 112 valence electrons. The summed E-state index contributed by atoms with van der Waals surface area (Å²) in [5.41, 5.74) is 7.14. The quantitative estimate of drug-likeness (QED) is 0.832. The molecule has 3 N–H and O–H groups in total. The highest BCUT2D eigenvalue weighted by Gasteiger charge is 2.23. The number of rotatable bonds is 4. The highest BCUT2D eigenvalue weighted by Crippen LogP contribution is 2.24. The van der Waals surface area contributed by atoms with E-state index in [-0.39, 0.29) is 0 Å². The van der Waals surface area contributed by atoms with E-state index < -0.39 is 5.60 Å². The Morgan fingerprint density at radius 3 is 2.35 bits per heavy atom. The molecule has 20 heavy (non-hydrogen) atoms. The van der Waals surface area contributed by atoms with Crippen LogP contribution in [0.25, 0.3) is 0 Å². The monoisotopic (exact) mass is 297 g/mol. The van der Waals surface area contributed by atoms with Crippen LogP contribution in [-0.4, -0.2) is 53.2 Å². The second kappa shape index (κ2) is 6.31. The van der Waals surface area contributed by atoms with E-state index in [1.807, 2.05) is 32.0 Å². The lowest BCUT2D eigenvalue weighted by Gasteiger charge is -2.37. The molecule has 0 bridgehead atoms. The molecule has 0 aromatic heterocycles. The molecule has 0 radical (unpaired) electrons. The van der Waals surface area contributed by atoms with Crippen molar-refractivity contribution in [2.45, 2.75) is 26.0 Å². The van der Waals surface area contributed by atoms with E-state index in [2.05, 4.69) is 9.80 Å². The molecular formula is C15H24ClN3O. The van der Waals surface area contributed by atoms with Crippen LogP contribution in [0.5, 0.6) is 0 Å². The number of benzene rings is 1. The lowest BCUT2D eigenvalue weighted by atomic mass is 10.1. The first-order chi connectivity index (χ1) is 9.35. The van der Waals surface area contributed by atoms with Crippen LogP contribution in [-0.2, 0) is 6.54 Å². The Morgan fingerprint density at radius 2 is 1.80 bits per heavy atom. The van der Waals surface area contributed by atoms with E-state index in [0.717, 1.165) is 55.5 Å². The SMILES string of the molecule is CC(C)(O)CN1CCN(Cc2c(N)cccc2Cl)CC1. The van der Waals surface area contributed by atoms with Crippen LogP contribution >= 0.6 is 11.6 Å². The third-order valence-electron chi connectivity index (χ3n) is 3.61. The van der Waals surface area contributed by atoms with Crippen LogP contribution in [0.4, 0.5) is 5.69 Å². The van der Waals surface area contributed by atoms with Gasteiger partial charge in [0.2, 0.25) is 0 Å². The van der Waals surface area contributed by atoms with E-state index in [4.69, 9.17) is 17.3 Å². The van der Waals surface area contributed by atoms with Crippen molar-refractivity contribution in [3.63, 3.8) is 0 Å². The zero-order valence-corrected chi connectivity index (χ0v) is 13.0. The Hall–Kier alpha value is -0.810. The summed E-state index contributed by atoms with van der Waals surface area (Å²) in [6.45, 7) is 9.09. The molecule has 4 nitrogen and oxygen atoms in total. The third-order valence-corrected chi connectivity index (χ3v) is 3.97. The number of β-amino-alcohol motifs (C(OH)–C–C–N with tert-alkyl or cyclic N) is 1. The van der Waals surface area contributed by atoms with Crippen LogP contribution in [0.1, 0.15) is 19.4 Å². The fourth-order valence-corrected chi connectivity index (χ4v) is 2.86. The van der Waals surface area contributed by atoms with Crippen molar-refractivity contribution in [1.29, 1.82) is 0 Å². The highest BCUT2D eigenvalue weighted by molar-refractivity contribution is 6.31. The molecule has 1 saturated heterocycles. The molecule has 1 heterocycles. The second-order valence-electron chi connectivity index (χ2n) is 6.17. The van der Waals surface area contributed by atoms with Gasteiger partial charge in [-0.25, -0.2) is 0 Å². The summed E-state index contributed by atoms with van der Waals surface area (Å²) < 4.78 is 0. The minimum absolute atomic E-state index is 0.630. The zero-order chi connectivity index (χ0) is 14.8. The fraction of sp³-hybridized carbons (Fsp3) is 0.600. The molecule has 0 saturated carbocycles. The van der Waals surface area contributed by atoms with E-state index in [9.17, 15) is 5.11 Å². The number of piperazine rings is 1. The molecule has 1 fully saturated rings. The first-order valence-corrected chi connectivity index (χ1v) is 7.43. The Balaban J connectivity index is 1.89. The van der Waals surface area contributed by atoms with E-state index >= 15 is 0 Å². The Labute approximate surface area is 126 Å². The van der Waals surface area contributed by atoms with Gasteiger partial charge in [-0.2, -0.15) is 0 Å². The van der Waals surface area contributed by atoms with Gasteiger partial charge in [0.25, 0.3) is 0 Å². The molecular weight excluding hydrogens is 274 g/mol. The maximum atomic E-state index is 9.85. The van der Waals surface area contributed by atoms with Gasteiger partial charge < -0.3 is 10.8 Å². The molecule has 0 unspecified atom stereocenters. The summed E-state index contributed by atoms with van der Waals surface area (Å²) in [6.07, 6.45) is 0. The molecule has 0 amide bonds. The summed E-state index contributed by atoms with van der Waals surface area (Å²) in [5.74, 6) is 0. The van der Waals surface area contributed by atoms with E-state index in [1.54, 1.807) is 0 Å². The summed E-state index contributed by atoms with van der Waals surface area (Å²) in [5, 5.41) is 10.6. The molecule has 0 spiro atoms. The van der Waals surface area contributed by atoms with Gasteiger partial charge >= 0.3 is 0 Å². The summed E-state index contributed by atoms with van der Waals surface area (Å²) in [7, 11) is 0. The minimum Gasteiger partial charge on any atom is -0.398 e. The minimum atomic E-state index is -0.630. The lowest BCUT2D eigenvalue weighted by Crippen LogP contribution is -2.50. The normalized spacial score (nSPS) is 18.4. The van der Waals surface area contributed by atoms with Gasteiger partial charge in [-0.05, 0) is 26.0 Å². The predicted molar refractivity (Wildman–Crippen MR) is 83.9 cm³/mol. The molecule has 0 atom stereocenters. The molecule has 1 aromatic carbocycles. The van der Waals surface area contributed by atoms with Crippen LogP contribution in [0.3, 0.4) is 0 Å². The maximum absolute atomic E-state index is 9.85. The van der Waals surface area contributed by atoms with Crippen LogP contribution in [0, 0.1) is 0 Å². The number of halogens is 1. The molecule has 5 heteroatoms. The molecule has 2 rings (SSSR count). The van der Waals surface area contributed by atoms with Crippen molar-refractivity contribution in [3.05, 3.63) is 28.8 Å². The summed E-state index contributed by atoms with van der Waals surface area (Å²) in [4.78, 5) is 4.66. The number of hydrogen-bond donors (Lipinski definition) is 2. The highest BCUT2D eigenvalue weighted by atomic mass is 35.5. The summed E-state index contributed by atoms with van der Waals surface area (Å²) >= 11 is 6.21. The average molecular weight is 298 g/mol. The first-order valence-electron chi connectivity index (χ1n) is 7.05. The van der Waals surface area contributed by atoms with Crippen molar-refractivity contribution in [2.24, 2.45) is 0 Å². The Kier molecular flexibility index (Phi) is 4.91. The smallest absolute Gasteiger partial charge is 0.0718 e. The number of hydrogen-bond acceptors (Lipinski definition) is 4. The number of anilines is 1. The number of nitrogen functional groups attached to an aromatic ring is 1. The predicted octanol–water partition coefficient (Wildman–Crippen LogP) is 1.81. The maximum Gasteiger partial charge on any atom is 0.0718 e. The molecule has 1 aliphatic rings. The van der Waals surface area contributed by atoms with Crippen LogP contribution < -0.4 is 5.73 Å². The Bertz CT molecular complexity index is 431. The van der Waals surface area contributed by atoms with Crippen molar-refractivity contribution < 1.29 is 5.11 Å². The van der Waals surface area contributed by atoms with E-state index in [1.165, 1.54) is 0 Å². The van der Waals surface area contributed by atoms with Crippen LogP contribution in [0.2, 0.25) is 5.02 Å². The molecule has 0 aliphatic carbocycles. The largest absolute Gasteiger partial charge is 0.398 e. The van der Waals surface area contributed by atoms with Crippen LogP contribution in [0.15, 0.2) is 18.2 Å². The lowest BCUT2D eigenvalue weighted by molar-refractivity contribution is 0.0167. The van der Waals surface area contributed by atoms with Crippen molar-refractivity contribution in [2.75, 3.05) is 38.5 Å². The van der Waals surface area contributed by atoms with Gasteiger partial charge in [0.05, 0.1) is 5.60 Å². The number of aliphatic hydroxyl groups is 1. The van der Waals surface area contributed by atoms with E-state index in [0.29, 0.717) is 0 Å². The Morgan fingerprint density at radius 1 is 1.20 bits per heavy atom. The van der Waals surface area contributed by atoms with Gasteiger partial charge in [0.15, 0.2) is 0 Å². The zero-order valence-electron chi connectivity index (χ0n) is 12.3. The molecule has 1 aromatic rings. The number of nitrogens with two attached hydrogens (primary N) is 1. The number of nitrogens with zero attached hydrogens (tertiary/aromatic N) is 2. The van der Waals surface area contributed by atoms with Gasteiger partial charge in [0, 0.05) is 55.5 Å². The first kappa shape index (κ1) is 15.6. The van der Waals surface area contributed by atoms with Crippen molar-refractivity contribution >= 4 is 17.3 Å². The van der Waals surface area contributed by atoms with Crippen molar-refractivity contribution in [3.8, 4) is 0 Å². The van der Waals surface area contributed by atoms with Crippen molar-refractivity contribution in [1.82, 2.24) is 9.80 Å². The third kappa shape index (κ3) is 4.35. The standard InChI is InChI=1S/C15H24ClN3O/c1-15(2,20)11-19-8-6-18(7-9-19)10-12-13(16)4-3-5-14(12)17/h3-5,20H,6-11,17H2,1-2H3. The summed E-state index contributed by atoms with van der Waals surface area (Å²) in [6, 6.07) is 5.66. The van der Waals surface area contributed by atoms with Gasteiger partial charge in [0.1, 0.15) is 0 Å². The van der Waals surface area contributed by atoms with Gasteiger partial charge in [-0.15, -0.1) is 0 Å². The average Bonchev–Trinajstić information content (AvgIpc) is 2.34. The topological polar surface area (TPSA) is 52.7 Å². The second-order valence-corrected chi connectivity index (χ2v) is 6.58. The van der Waals surface area contributed by atoms with Gasteiger partial charge in [-0.3, -0.25) is 9.80 Å². The fourth-order valence-electron chi connectivity index (χ4n) is 2.62. The molecule has 1 aliphatic heterocycles. The van der Waals surface area contributed by atoms with Gasteiger partial charge in [-0.1, -0.05) is 17.7 Å².